The average molecular weight is 314 g/mol. The van der Waals surface area contributed by atoms with Crippen molar-refractivity contribution in [3.63, 3.8) is 0 Å². The summed E-state index contributed by atoms with van der Waals surface area (Å²) >= 11 is 0. The minimum Gasteiger partial charge on any atom is -0.459 e. The number of rotatable bonds is 5. The molecule has 0 saturated carbocycles. The summed E-state index contributed by atoms with van der Waals surface area (Å²) in [5.74, 6) is 3.54. The first kappa shape index (κ1) is 14.1. The Labute approximate surface area is 132 Å². The number of nitrogens with one attached hydrogen (secondary N) is 1. The highest BCUT2D eigenvalue weighted by molar-refractivity contribution is 5.42. The molecule has 0 bridgehead atoms. The Morgan fingerprint density at radius 3 is 3.17 bits per heavy atom. The quantitative estimate of drug-likeness (QED) is 0.764. The summed E-state index contributed by atoms with van der Waals surface area (Å²) in [4.78, 5) is 4.53. The second-order valence-electron chi connectivity index (χ2n) is 5.57. The molecule has 8 heteroatoms. The third-order valence-electron chi connectivity index (χ3n) is 3.96. The van der Waals surface area contributed by atoms with Crippen LogP contribution in [0.3, 0.4) is 0 Å². The van der Waals surface area contributed by atoms with Crippen LogP contribution < -0.4 is 5.32 Å². The van der Waals surface area contributed by atoms with Crippen LogP contribution >= 0.6 is 0 Å². The monoisotopic (exact) mass is 314 g/mol. The van der Waals surface area contributed by atoms with Crippen LogP contribution in [-0.2, 0) is 25.9 Å². The molecule has 0 radical (unpaired) electrons. The summed E-state index contributed by atoms with van der Waals surface area (Å²) in [7, 11) is 0. The SMILES string of the molecule is CCc1nc2n(n1)C[C@H](NCc1nnc(-c3ccco3)o1)CC2. The Kier molecular flexibility index (Phi) is 3.66. The Morgan fingerprint density at radius 2 is 2.35 bits per heavy atom. The van der Waals surface area contributed by atoms with Crippen LogP contribution in [0.4, 0.5) is 0 Å². The van der Waals surface area contributed by atoms with Crippen molar-refractivity contribution < 1.29 is 8.83 Å². The van der Waals surface area contributed by atoms with E-state index in [1.54, 1.807) is 18.4 Å². The van der Waals surface area contributed by atoms with Gasteiger partial charge in [0.2, 0.25) is 5.89 Å². The number of nitrogens with zero attached hydrogens (tertiary/aromatic N) is 5. The Bertz CT molecular complexity index is 776. The molecule has 3 aromatic rings. The van der Waals surface area contributed by atoms with Gasteiger partial charge in [-0.2, -0.15) is 5.10 Å². The van der Waals surface area contributed by atoms with Gasteiger partial charge < -0.3 is 14.2 Å². The number of fused-ring (bicyclic) bond motifs is 1. The van der Waals surface area contributed by atoms with Gasteiger partial charge in [0, 0.05) is 18.9 Å². The van der Waals surface area contributed by atoms with Crippen molar-refractivity contribution in [1.29, 1.82) is 0 Å². The van der Waals surface area contributed by atoms with E-state index in [2.05, 4.69) is 32.5 Å². The third kappa shape index (κ3) is 2.89. The van der Waals surface area contributed by atoms with Gasteiger partial charge in [-0.1, -0.05) is 6.92 Å². The fraction of sp³-hybridized carbons (Fsp3) is 0.467. The predicted molar refractivity (Wildman–Crippen MR) is 80.3 cm³/mol. The summed E-state index contributed by atoms with van der Waals surface area (Å²) in [6.07, 6.45) is 4.42. The number of hydrogen-bond acceptors (Lipinski definition) is 7. The fourth-order valence-electron chi connectivity index (χ4n) is 2.73. The zero-order valence-corrected chi connectivity index (χ0v) is 12.9. The normalized spacial score (nSPS) is 17.3. The molecule has 0 aromatic carbocycles. The van der Waals surface area contributed by atoms with Crippen LogP contribution in [0.2, 0.25) is 0 Å². The maximum atomic E-state index is 5.60. The molecule has 4 rings (SSSR count). The molecular weight excluding hydrogens is 296 g/mol. The van der Waals surface area contributed by atoms with Gasteiger partial charge in [-0.15, -0.1) is 10.2 Å². The topological polar surface area (TPSA) is 94.8 Å². The van der Waals surface area contributed by atoms with Crippen LogP contribution in [0.15, 0.2) is 27.2 Å². The summed E-state index contributed by atoms with van der Waals surface area (Å²) in [5.41, 5.74) is 0. The summed E-state index contributed by atoms with van der Waals surface area (Å²) in [6, 6.07) is 3.91. The van der Waals surface area contributed by atoms with Gasteiger partial charge in [0.25, 0.3) is 5.89 Å². The molecule has 0 fully saturated rings. The summed E-state index contributed by atoms with van der Waals surface area (Å²) < 4.78 is 12.8. The van der Waals surface area contributed by atoms with Gasteiger partial charge in [0.15, 0.2) is 11.6 Å². The Morgan fingerprint density at radius 1 is 1.39 bits per heavy atom. The molecular formula is C15H18N6O2. The van der Waals surface area contributed by atoms with E-state index < -0.39 is 0 Å². The van der Waals surface area contributed by atoms with E-state index in [9.17, 15) is 0 Å². The molecule has 1 N–H and O–H groups in total. The fourth-order valence-corrected chi connectivity index (χ4v) is 2.73. The van der Waals surface area contributed by atoms with Crippen LogP contribution in [-0.4, -0.2) is 31.0 Å². The van der Waals surface area contributed by atoms with E-state index in [1.807, 2.05) is 4.68 Å². The molecule has 0 saturated heterocycles. The van der Waals surface area contributed by atoms with Gasteiger partial charge in [-0.25, -0.2) is 9.67 Å². The lowest BCUT2D eigenvalue weighted by molar-refractivity contribution is 0.341. The van der Waals surface area contributed by atoms with E-state index in [0.29, 0.717) is 30.1 Å². The summed E-state index contributed by atoms with van der Waals surface area (Å²) in [6.45, 7) is 3.42. The third-order valence-corrected chi connectivity index (χ3v) is 3.96. The molecule has 3 aromatic heterocycles. The van der Waals surface area contributed by atoms with Crippen molar-refractivity contribution >= 4 is 0 Å². The molecule has 0 spiro atoms. The maximum absolute atomic E-state index is 5.60. The van der Waals surface area contributed by atoms with E-state index in [1.165, 1.54) is 0 Å². The molecule has 120 valence electrons. The first-order chi connectivity index (χ1) is 11.3. The van der Waals surface area contributed by atoms with E-state index in [4.69, 9.17) is 8.83 Å². The highest BCUT2D eigenvalue weighted by atomic mass is 16.4. The number of hydrogen-bond donors (Lipinski definition) is 1. The molecule has 8 nitrogen and oxygen atoms in total. The molecule has 1 aliphatic rings. The molecule has 0 unspecified atom stereocenters. The predicted octanol–water partition coefficient (Wildman–Crippen LogP) is 1.59. The number of aromatic nitrogens is 5. The molecule has 23 heavy (non-hydrogen) atoms. The van der Waals surface area contributed by atoms with E-state index >= 15 is 0 Å². The van der Waals surface area contributed by atoms with Gasteiger partial charge in [-0.05, 0) is 18.6 Å². The molecule has 0 amide bonds. The molecule has 1 aliphatic heterocycles. The lowest BCUT2D eigenvalue weighted by Gasteiger charge is -2.22. The molecule has 0 aliphatic carbocycles. The lowest BCUT2D eigenvalue weighted by Crippen LogP contribution is -2.37. The molecule has 1 atom stereocenters. The lowest BCUT2D eigenvalue weighted by atomic mass is 10.1. The van der Waals surface area contributed by atoms with Gasteiger partial charge >= 0.3 is 0 Å². The Balaban J connectivity index is 1.36. The Hall–Kier alpha value is -2.48. The minimum atomic E-state index is 0.327. The van der Waals surface area contributed by atoms with Crippen LogP contribution in [0, 0.1) is 0 Å². The number of furan rings is 1. The first-order valence-electron chi connectivity index (χ1n) is 7.84. The van der Waals surface area contributed by atoms with Crippen molar-refractivity contribution in [2.24, 2.45) is 0 Å². The van der Waals surface area contributed by atoms with Gasteiger partial charge in [0.1, 0.15) is 5.82 Å². The van der Waals surface area contributed by atoms with Crippen molar-refractivity contribution in [1.82, 2.24) is 30.3 Å². The molecule has 4 heterocycles. The second-order valence-corrected chi connectivity index (χ2v) is 5.57. The van der Waals surface area contributed by atoms with Crippen molar-refractivity contribution in [2.75, 3.05) is 0 Å². The zero-order chi connectivity index (χ0) is 15.6. The van der Waals surface area contributed by atoms with Crippen molar-refractivity contribution in [3.8, 4) is 11.7 Å². The van der Waals surface area contributed by atoms with Gasteiger partial charge in [0.05, 0.1) is 19.4 Å². The van der Waals surface area contributed by atoms with Crippen LogP contribution in [0.5, 0.6) is 0 Å². The maximum Gasteiger partial charge on any atom is 0.283 e. The highest BCUT2D eigenvalue weighted by Gasteiger charge is 2.21. The second kappa shape index (κ2) is 5.96. The number of aryl methyl sites for hydroxylation is 2. The van der Waals surface area contributed by atoms with Crippen molar-refractivity contribution in [2.45, 2.75) is 45.3 Å². The minimum absolute atomic E-state index is 0.327. The smallest absolute Gasteiger partial charge is 0.283 e. The van der Waals surface area contributed by atoms with E-state index in [-0.39, 0.29) is 0 Å². The average Bonchev–Trinajstić information content (AvgIpc) is 3.30. The zero-order valence-electron chi connectivity index (χ0n) is 12.9. The first-order valence-corrected chi connectivity index (χ1v) is 7.84. The van der Waals surface area contributed by atoms with Crippen molar-refractivity contribution in [3.05, 3.63) is 35.9 Å². The summed E-state index contributed by atoms with van der Waals surface area (Å²) in [5, 5.41) is 16.0. The van der Waals surface area contributed by atoms with E-state index in [0.717, 1.165) is 37.5 Å². The van der Waals surface area contributed by atoms with Crippen LogP contribution in [0.1, 0.15) is 30.9 Å². The van der Waals surface area contributed by atoms with Crippen LogP contribution in [0.25, 0.3) is 11.7 Å². The largest absolute Gasteiger partial charge is 0.459 e. The highest BCUT2D eigenvalue weighted by Crippen LogP contribution is 2.18. The van der Waals surface area contributed by atoms with Gasteiger partial charge in [-0.3, -0.25) is 0 Å². The standard InChI is InChI=1S/C15H18N6O2/c1-2-12-17-13-6-5-10(9-21(13)20-12)16-8-14-18-19-15(23-14)11-4-3-7-22-11/h3-4,7,10,16H,2,5-6,8-9H2,1H3/t10-/m1/s1.